The van der Waals surface area contributed by atoms with E-state index in [2.05, 4.69) is 27.5 Å². The Morgan fingerprint density at radius 3 is 2.90 bits per heavy atom. The van der Waals surface area contributed by atoms with Crippen LogP contribution in [0.2, 0.25) is 0 Å². The lowest BCUT2D eigenvalue weighted by Gasteiger charge is -2.06. The zero-order valence-electron chi connectivity index (χ0n) is 11.4. The molecule has 0 bridgehead atoms. The molecule has 0 saturated carbocycles. The van der Waals surface area contributed by atoms with Gasteiger partial charge in [0.05, 0.1) is 17.7 Å². The van der Waals surface area contributed by atoms with Crippen molar-refractivity contribution >= 4 is 11.8 Å². The van der Waals surface area contributed by atoms with E-state index in [1.54, 1.807) is 6.07 Å². The first-order valence-electron chi connectivity index (χ1n) is 6.36. The van der Waals surface area contributed by atoms with E-state index in [4.69, 9.17) is 5.73 Å². The fourth-order valence-electron chi connectivity index (χ4n) is 1.51. The monoisotopic (exact) mass is 274 g/mol. The van der Waals surface area contributed by atoms with E-state index < -0.39 is 0 Å². The Kier molecular flexibility index (Phi) is 6.79. The summed E-state index contributed by atoms with van der Waals surface area (Å²) in [7, 11) is 0. The molecule has 1 rings (SSSR count). The smallest absolute Gasteiger partial charge is 0.252 e. The van der Waals surface area contributed by atoms with Crippen molar-refractivity contribution in [3.63, 3.8) is 0 Å². The number of pyridine rings is 1. The van der Waals surface area contributed by atoms with Gasteiger partial charge < -0.3 is 16.4 Å². The van der Waals surface area contributed by atoms with Crippen molar-refractivity contribution in [2.24, 2.45) is 5.73 Å². The van der Waals surface area contributed by atoms with Gasteiger partial charge in [0.25, 0.3) is 5.91 Å². The molecule has 6 nitrogen and oxygen atoms in total. The van der Waals surface area contributed by atoms with Crippen LogP contribution in [0.4, 0.5) is 0 Å². The number of amides is 2. The zero-order chi connectivity index (χ0) is 14.8. The van der Waals surface area contributed by atoms with E-state index in [1.165, 1.54) is 12.4 Å². The summed E-state index contributed by atoms with van der Waals surface area (Å²) < 4.78 is 0. The summed E-state index contributed by atoms with van der Waals surface area (Å²) in [6, 6.07) is 1.59. The predicted octanol–water partition coefficient (Wildman–Crippen LogP) is -0.352. The number of hydrogen-bond acceptors (Lipinski definition) is 4. The summed E-state index contributed by atoms with van der Waals surface area (Å²) in [5, 5.41) is 5.34. The van der Waals surface area contributed by atoms with Gasteiger partial charge in [-0.1, -0.05) is 11.8 Å². The van der Waals surface area contributed by atoms with Gasteiger partial charge in [-0.25, -0.2) is 0 Å². The van der Waals surface area contributed by atoms with Gasteiger partial charge in [-0.15, -0.1) is 0 Å². The van der Waals surface area contributed by atoms with Crippen LogP contribution in [0.15, 0.2) is 18.5 Å². The third kappa shape index (κ3) is 5.08. The van der Waals surface area contributed by atoms with Crippen LogP contribution >= 0.6 is 0 Å². The Morgan fingerprint density at radius 1 is 1.40 bits per heavy atom. The molecule has 0 radical (unpaired) electrons. The number of hydrogen-bond donors (Lipinski definition) is 3. The maximum absolute atomic E-state index is 12.0. The van der Waals surface area contributed by atoms with Crippen LogP contribution in [0.3, 0.4) is 0 Å². The second-order valence-electron chi connectivity index (χ2n) is 3.89. The van der Waals surface area contributed by atoms with Crippen LogP contribution < -0.4 is 16.4 Å². The third-order valence-electron chi connectivity index (χ3n) is 2.40. The molecule has 4 N–H and O–H groups in total. The molecule has 1 aromatic rings. The number of nitrogens with two attached hydrogens (primary N) is 1. The SMILES string of the molecule is CCNC(=O)CCNC(=O)c1ccncc1C#CCN. The summed E-state index contributed by atoms with van der Waals surface area (Å²) >= 11 is 0. The first-order chi connectivity index (χ1) is 9.69. The highest BCUT2D eigenvalue weighted by Crippen LogP contribution is 2.05. The van der Waals surface area contributed by atoms with E-state index in [9.17, 15) is 9.59 Å². The van der Waals surface area contributed by atoms with Crippen LogP contribution in [0.25, 0.3) is 0 Å². The van der Waals surface area contributed by atoms with Gasteiger partial charge in [-0.2, -0.15) is 0 Å². The molecule has 106 valence electrons. The fourth-order valence-corrected chi connectivity index (χ4v) is 1.51. The van der Waals surface area contributed by atoms with Crippen molar-refractivity contribution in [2.45, 2.75) is 13.3 Å². The first kappa shape index (κ1) is 15.7. The molecule has 0 fully saturated rings. The van der Waals surface area contributed by atoms with Gasteiger partial charge in [0.15, 0.2) is 0 Å². The molecule has 0 aliphatic heterocycles. The van der Waals surface area contributed by atoms with Crippen molar-refractivity contribution in [1.82, 2.24) is 15.6 Å². The van der Waals surface area contributed by atoms with Gasteiger partial charge in [0, 0.05) is 31.9 Å². The van der Waals surface area contributed by atoms with Crippen molar-refractivity contribution in [3.05, 3.63) is 29.6 Å². The quantitative estimate of drug-likeness (QED) is 0.639. The highest BCUT2D eigenvalue weighted by atomic mass is 16.2. The number of rotatable bonds is 5. The van der Waals surface area contributed by atoms with Crippen LogP contribution in [-0.2, 0) is 4.79 Å². The second kappa shape index (κ2) is 8.67. The number of aromatic nitrogens is 1. The highest BCUT2D eigenvalue weighted by Gasteiger charge is 2.10. The summed E-state index contributed by atoms with van der Waals surface area (Å²) in [5.74, 6) is 5.11. The number of carbonyl (C=O) groups is 2. The molecule has 6 heteroatoms. The average molecular weight is 274 g/mol. The summed E-state index contributed by atoms with van der Waals surface area (Å²) in [6.07, 6.45) is 3.28. The van der Waals surface area contributed by atoms with Crippen molar-refractivity contribution < 1.29 is 9.59 Å². The molecule has 0 spiro atoms. The molecule has 2 amide bonds. The summed E-state index contributed by atoms with van der Waals surface area (Å²) in [6.45, 7) is 2.91. The number of nitrogens with one attached hydrogen (secondary N) is 2. The van der Waals surface area contributed by atoms with E-state index in [-0.39, 0.29) is 31.3 Å². The van der Waals surface area contributed by atoms with Gasteiger partial charge in [0.1, 0.15) is 0 Å². The van der Waals surface area contributed by atoms with E-state index in [0.29, 0.717) is 17.7 Å². The highest BCUT2D eigenvalue weighted by molar-refractivity contribution is 5.96. The second-order valence-corrected chi connectivity index (χ2v) is 3.89. The predicted molar refractivity (Wildman–Crippen MR) is 75.8 cm³/mol. The van der Waals surface area contributed by atoms with Crippen molar-refractivity contribution in [1.29, 1.82) is 0 Å². The average Bonchev–Trinajstić information content (AvgIpc) is 2.45. The molecule has 1 aromatic heterocycles. The van der Waals surface area contributed by atoms with Gasteiger partial charge in [-0.3, -0.25) is 14.6 Å². The van der Waals surface area contributed by atoms with E-state index in [0.717, 1.165) is 0 Å². The van der Waals surface area contributed by atoms with Gasteiger partial charge in [0.2, 0.25) is 5.91 Å². The zero-order valence-corrected chi connectivity index (χ0v) is 11.4. The lowest BCUT2D eigenvalue weighted by Crippen LogP contribution is -2.30. The Bertz CT molecular complexity index is 531. The minimum absolute atomic E-state index is 0.0920. The minimum Gasteiger partial charge on any atom is -0.356 e. The Labute approximate surface area is 118 Å². The summed E-state index contributed by atoms with van der Waals surface area (Å²) in [5.41, 5.74) is 6.25. The standard InChI is InChI=1S/C14H18N4O2/c1-2-17-13(19)6-9-18-14(20)12-5-8-16-10-11(12)4-3-7-15/h5,8,10H,2,6-7,9,15H2,1H3,(H,17,19)(H,18,20). The molecular formula is C14H18N4O2. The third-order valence-corrected chi connectivity index (χ3v) is 2.40. The Balaban J connectivity index is 2.61. The largest absolute Gasteiger partial charge is 0.356 e. The van der Waals surface area contributed by atoms with Crippen LogP contribution in [0.1, 0.15) is 29.3 Å². The number of carbonyl (C=O) groups excluding carboxylic acids is 2. The minimum atomic E-state index is -0.280. The van der Waals surface area contributed by atoms with Crippen LogP contribution in [-0.4, -0.2) is 36.4 Å². The van der Waals surface area contributed by atoms with Gasteiger partial charge >= 0.3 is 0 Å². The lowest BCUT2D eigenvalue weighted by molar-refractivity contribution is -0.120. The van der Waals surface area contributed by atoms with Crippen molar-refractivity contribution in [2.75, 3.05) is 19.6 Å². The van der Waals surface area contributed by atoms with Crippen LogP contribution in [0.5, 0.6) is 0 Å². The van der Waals surface area contributed by atoms with Crippen LogP contribution in [0, 0.1) is 11.8 Å². The maximum Gasteiger partial charge on any atom is 0.252 e. The van der Waals surface area contributed by atoms with E-state index >= 15 is 0 Å². The molecule has 0 atom stereocenters. The molecule has 1 heterocycles. The first-order valence-corrected chi connectivity index (χ1v) is 6.36. The van der Waals surface area contributed by atoms with Gasteiger partial charge in [-0.05, 0) is 13.0 Å². The molecule has 0 aliphatic rings. The number of nitrogens with zero attached hydrogens (tertiary/aromatic N) is 1. The molecule has 20 heavy (non-hydrogen) atoms. The normalized spacial score (nSPS) is 9.30. The molecular weight excluding hydrogens is 256 g/mol. The maximum atomic E-state index is 12.0. The molecule has 0 unspecified atom stereocenters. The Hall–Kier alpha value is -2.39. The topological polar surface area (TPSA) is 97.1 Å². The lowest BCUT2D eigenvalue weighted by atomic mass is 10.1. The van der Waals surface area contributed by atoms with Crippen molar-refractivity contribution in [3.8, 4) is 11.8 Å². The van der Waals surface area contributed by atoms with E-state index in [1.807, 2.05) is 6.92 Å². The molecule has 0 aromatic carbocycles. The molecule has 0 saturated heterocycles. The molecule has 0 aliphatic carbocycles. The fraction of sp³-hybridized carbons (Fsp3) is 0.357. The summed E-state index contributed by atoms with van der Waals surface area (Å²) in [4.78, 5) is 27.2. The Morgan fingerprint density at radius 2 is 2.20 bits per heavy atom.